The van der Waals surface area contributed by atoms with Crippen LogP contribution in [0.1, 0.15) is 12.0 Å². The number of hydrogen-bond donors (Lipinski definition) is 2. The van der Waals surface area contributed by atoms with E-state index in [4.69, 9.17) is 4.74 Å². The third-order valence-electron chi connectivity index (χ3n) is 2.99. The number of ether oxygens (including phenoxy) is 1. The minimum atomic E-state index is 0.386. The second kappa shape index (κ2) is 7.37. The maximum Gasteiger partial charge on any atom is 0.0712 e. The Morgan fingerprint density at radius 1 is 1.35 bits per heavy atom. The standard InChI is InChI=1S/C13H21N3O/c1-5-14-6-2-12(1)3-7-15-8-4-13-11-16-9-10-17-13/h1-2,5-6,13,15-16H,3-4,7-11H2. The predicted molar refractivity (Wildman–Crippen MR) is 68.0 cm³/mol. The fourth-order valence-corrected chi connectivity index (χ4v) is 1.98. The van der Waals surface area contributed by atoms with Crippen molar-refractivity contribution in [3.8, 4) is 0 Å². The number of nitrogens with one attached hydrogen (secondary N) is 2. The van der Waals surface area contributed by atoms with Gasteiger partial charge in [-0.05, 0) is 43.6 Å². The van der Waals surface area contributed by atoms with Crippen LogP contribution in [-0.2, 0) is 11.2 Å². The SMILES string of the molecule is c1cc(CCNCCC2CNCCO2)ccn1. The van der Waals surface area contributed by atoms with Gasteiger partial charge in [0.2, 0.25) is 0 Å². The van der Waals surface area contributed by atoms with Crippen LogP contribution in [0.25, 0.3) is 0 Å². The van der Waals surface area contributed by atoms with Crippen LogP contribution < -0.4 is 10.6 Å². The fourth-order valence-electron chi connectivity index (χ4n) is 1.98. The van der Waals surface area contributed by atoms with Gasteiger partial charge in [-0.1, -0.05) is 0 Å². The van der Waals surface area contributed by atoms with E-state index in [2.05, 4.69) is 27.8 Å². The van der Waals surface area contributed by atoms with Gasteiger partial charge in [0.15, 0.2) is 0 Å². The van der Waals surface area contributed by atoms with Gasteiger partial charge in [-0.15, -0.1) is 0 Å². The van der Waals surface area contributed by atoms with Crippen LogP contribution in [0, 0.1) is 0 Å². The Labute approximate surface area is 103 Å². The quantitative estimate of drug-likeness (QED) is 0.709. The summed E-state index contributed by atoms with van der Waals surface area (Å²) in [4.78, 5) is 4.01. The van der Waals surface area contributed by atoms with E-state index >= 15 is 0 Å². The van der Waals surface area contributed by atoms with Crippen molar-refractivity contribution >= 4 is 0 Å². The summed E-state index contributed by atoms with van der Waals surface area (Å²) in [6.07, 6.45) is 6.22. The molecule has 0 aliphatic carbocycles. The van der Waals surface area contributed by atoms with Crippen molar-refractivity contribution < 1.29 is 4.74 Å². The lowest BCUT2D eigenvalue weighted by molar-refractivity contribution is 0.0239. The van der Waals surface area contributed by atoms with Gasteiger partial charge in [-0.2, -0.15) is 0 Å². The van der Waals surface area contributed by atoms with Gasteiger partial charge in [0.25, 0.3) is 0 Å². The molecule has 2 rings (SSSR count). The van der Waals surface area contributed by atoms with Crippen molar-refractivity contribution in [3.05, 3.63) is 30.1 Å². The maximum atomic E-state index is 5.63. The molecule has 1 aliphatic heterocycles. The molecule has 1 aromatic heterocycles. The van der Waals surface area contributed by atoms with E-state index in [1.165, 1.54) is 5.56 Å². The summed E-state index contributed by atoms with van der Waals surface area (Å²) >= 11 is 0. The molecule has 1 fully saturated rings. The first-order valence-corrected chi connectivity index (χ1v) is 6.37. The second-order valence-electron chi connectivity index (χ2n) is 4.34. The zero-order valence-electron chi connectivity index (χ0n) is 10.2. The molecule has 4 nitrogen and oxygen atoms in total. The molecule has 1 atom stereocenters. The van der Waals surface area contributed by atoms with Gasteiger partial charge in [0.1, 0.15) is 0 Å². The van der Waals surface area contributed by atoms with E-state index in [1.54, 1.807) is 0 Å². The monoisotopic (exact) mass is 235 g/mol. The molecule has 1 unspecified atom stereocenters. The molecule has 2 N–H and O–H groups in total. The average molecular weight is 235 g/mol. The first-order chi connectivity index (χ1) is 8.45. The van der Waals surface area contributed by atoms with Gasteiger partial charge in [0, 0.05) is 25.5 Å². The molecule has 0 radical (unpaired) electrons. The van der Waals surface area contributed by atoms with Crippen LogP contribution in [-0.4, -0.2) is 43.9 Å². The van der Waals surface area contributed by atoms with Crippen LogP contribution in [0.4, 0.5) is 0 Å². The Morgan fingerprint density at radius 2 is 2.24 bits per heavy atom. The summed E-state index contributed by atoms with van der Waals surface area (Å²) < 4.78 is 5.63. The molecule has 0 saturated carbocycles. The van der Waals surface area contributed by atoms with Crippen LogP contribution >= 0.6 is 0 Å². The van der Waals surface area contributed by atoms with E-state index in [0.717, 1.165) is 45.6 Å². The number of rotatable bonds is 6. The summed E-state index contributed by atoms with van der Waals surface area (Å²) in [5.41, 5.74) is 1.34. The highest BCUT2D eigenvalue weighted by Gasteiger charge is 2.11. The number of hydrogen-bond acceptors (Lipinski definition) is 4. The van der Waals surface area contributed by atoms with Crippen LogP contribution in [0.3, 0.4) is 0 Å². The van der Waals surface area contributed by atoms with Crippen molar-refractivity contribution in [1.29, 1.82) is 0 Å². The van der Waals surface area contributed by atoms with Crippen molar-refractivity contribution in [2.75, 3.05) is 32.8 Å². The molecule has 1 aromatic rings. The largest absolute Gasteiger partial charge is 0.376 e. The molecule has 0 bridgehead atoms. The van der Waals surface area contributed by atoms with E-state index in [0.29, 0.717) is 6.10 Å². The van der Waals surface area contributed by atoms with E-state index in [1.807, 2.05) is 12.4 Å². The van der Waals surface area contributed by atoms with Gasteiger partial charge in [-0.3, -0.25) is 4.98 Å². The lowest BCUT2D eigenvalue weighted by Gasteiger charge is -2.23. The van der Waals surface area contributed by atoms with Crippen molar-refractivity contribution in [3.63, 3.8) is 0 Å². The maximum absolute atomic E-state index is 5.63. The molecule has 17 heavy (non-hydrogen) atoms. The lowest BCUT2D eigenvalue weighted by atomic mass is 10.2. The normalized spacial score (nSPS) is 20.4. The van der Waals surface area contributed by atoms with E-state index < -0.39 is 0 Å². The van der Waals surface area contributed by atoms with E-state index in [-0.39, 0.29) is 0 Å². The summed E-state index contributed by atoms with van der Waals surface area (Å²) in [6.45, 7) is 4.88. The summed E-state index contributed by atoms with van der Waals surface area (Å²) in [7, 11) is 0. The topological polar surface area (TPSA) is 46.2 Å². The minimum Gasteiger partial charge on any atom is -0.376 e. The molecule has 0 aromatic carbocycles. The first-order valence-electron chi connectivity index (χ1n) is 6.37. The van der Waals surface area contributed by atoms with Crippen LogP contribution in [0.2, 0.25) is 0 Å². The Hall–Kier alpha value is -0.970. The van der Waals surface area contributed by atoms with Gasteiger partial charge >= 0.3 is 0 Å². The third-order valence-corrected chi connectivity index (χ3v) is 2.99. The number of aromatic nitrogens is 1. The lowest BCUT2D eigenvalue weighted by Crippen LogP contribution is -2.40. The molecule has 4 heteroatoms. The molecule has 1 saturated heterocycles. The Kier molecular flexibility index (Phi) is 5.42. The highest BCUT2D eigenvalue weighted by atomic mass is 16.5. The summed E-state index contributed by atoms with van der Waals surface area (Å²) in [6, 6.07) is 4.13. The molecule has 1 aliphatic rings. The van der Waals surface area contributed by atoms with Crippen molar-refractivity contribution in [2.24, 2.45) is 0 Å². The summed E-state index contributed by atoms with van der Waals surface area (Å²) in [5.74, 6) is 0. The zero-order chi connectivity index (χ0) is 11.8. The van der Waals surface area contributed by atoms with Gasteiger partial charge in [-0.25, -0.2) is 0 Å². The van der Waals surface area contributed by atoms with Crippen molar-refractivity contribution in [1.82, 2.24) is 15.6 Å². The van der Waals surface area contributed by atoms with Crippen LogP contribution in [0.15, 0.2) is 24.5 Å². The Morgan fingerprint density at radius 3 is 3.00 bits per heavy atom. The predicted octanol–water partition coefficient (Wildman–Crippen LogP) is 0.592. The van der Waals surface area contributed by atoms with Gasteiger partial charge < -0.3 is 15.4 Å². The minimum absolute atomic E-state index is 0.386. The molecule has 94 valence electrons. The Bertz CT molecular complexity index is 299. The molecular weight excluding hydrogens is 214 g/mol. The van der Waals surface area contributed by atoms with Crippen LogP contribution in [0.5, 0.6) is 0 Å². The van der Waals surface area contributed by atoms with Gasteiger partial charge in [0.05, 0.1) is 12.7 Å². The third kappa shape index (κ3) is 4.81. The highest BCUT2D eigenvalue weighted by molar-refractivity contribution is 5.09. The highest BCUT2D eigenvalue weighted by Crippen LogP contribution is 2.00. The molecular formula is C13H21N3O. The number of nitrogens with zero attached hydrogens (tertiary/aromatic N) is 1. The van der Waals surface area contributed by atoms with Crippen molar-refractivity contribution in [2.45, 2.75) is 18.9 Å². The summed E-state index contributed by atoms with van der Waals surface area (Å²) in [5, 5.41) is 6.79. The van der Waals surface area contributed by atoms with E-state index in [9.17, 15) is 0 Å². The Balaban J connectivity index is 1.51. The average Bonchev–Trinajstić information content (AvgIpc) is 2.41. The molecule has 0 spiro atoms. The number of morpholine rings is 1. The smallest absolute Gasteiger partial charge is 0.0712 e. The molecule has 0 amide bonds. The second-order valence-corrected chi connectivity index (χ2v) is 4.34. The molecule has 2 heterocycles. The fraction of sp³-hybridized carbons (Fsp3) is 0.615. The number of pyridine rings is 1. The zero-order valence-corrected chi connectivity index (χ0v) is 10.2. The first kappa shape index (κ1) is 12.5.